The third kappa shape index (κ3) is 1.17. The summed E-state index contributed by atoms with van der Waals surface area (Å²) in [5.41, 5.74) is 6.33. The lowest BCUT2D eigenvalue weighted by molar-refractivity contribution is 0.389. The van der Waals surface area contributed by atoms with Crippen LogP contribution in [0, 0.1) is 17.8 Å². The third-order valence-electron chi connectivity index (χ3n) is 2.72. The lowest BCUT2D eigenvalue weighted by Gasteiger charge is -2.18. The molecular formula is C9H15N. The molecule has 0 radical (unpaired) electrons. The van der Waals surface area contributed by atoms with Crippen LogP contribution in [0.4, 0.5) is 0 Å². The summed E-state index contributed by atoms with van der Waals surface area (Å²) in [6.07, 6.45) is 9.68. The fourth-order valence-corrected chi connectivity index (χ4v) is 1.49. The van der Waals surface area contributed by atoms with Crippen molar-refractivity contribution in [2.24, 2.45) is 11.1 Å². The van der Waals surface area contributed by atoms with Gasteiger partial charge in [-0.15, -0.1) is 12.3 Å². The highest BCUT2D eigenvalue weighted by Crippen LogP contribution is 2.51. The summed E-state index contributed by atoms with van der Waals surface area (Å²) in [5, 5.41) is 0. The van der Waals surface area contributed by atoms with Crippen molar-refractivity contribution in [3.8, 4) is 12.3 Å². The second kappa shape index (κ2) is 2.64. The second-order valence-electron chi connectivity index (χ2n) is 3.23. The van der Waals surface area contributed by atoms with Crippen molar-refractivity contribution < 1.29 is 0 Å². The third-order valence-corrected chi connectivity index (χ3v) is 2.72. The van der Waals surface area contributed by atoms with Crippen molar-refractivity contribution in [1.29, 1.82) is 0 Å². The topological polar surface area (TPSA) is 26.0 Å². The molecule has 0 aromatic rings. The molecule has 1 atom stereocenters. The standard InChI is InChI=1S/C9H15N/c1-3-5-8(10)9(4-2)6-7-9/h1,8H,4-7,10H2,2H3. The monoisotopic (exact) mass is 137 g/mol. The molecule has 2 N–H and O–H groups in total. The van der Waals surface area contributed by atoms with Gasteiger partial charge in [0, 0.05) is 12.5 Å². The van der Waals surface area contributed by atoms with Gasteiger partial charge in [0.2, 0.25) is 0 Å². The Morgan fingerprint density at radius 2 is 2.30 bits per heavy atom. The van der Waals surface area contributed by atoms with Crippen LogP contribution in [0.15, 0.2) is 0 Å². The van der Waals surface area contributed by atoms with E-state index >= 15 is 0 Å². The molecule has 1 heteroatoms. The smallest absolute Gasteiger partial charge is 0.0243 e. The number of rotatable bonds is 3. The van der Waals surface area contributed by atoms with Crippen molar-refractivity contribution >= 4 is 0 Å². The molecule has 1 aliphatic rings. The Balaban J connectivity index is 2.41. The molecular weight excluding hydrogens is 122 g/mol. The number of hydrogen-bond donors (Lipinski definition) is 1. The van der Waals surface area contributed by atoms with Gasteiger partial charge in [-0.25, -0.2) is 0 Å². The molecule has 0 heterocycles. The molecule has 0 amide bonds. The van der Waals surface area contributed by atoms with Crippen LogP contribution in [-0.2, 0) is 0 Å². The van der Waals surface area contributed by atoms with E-state index < -0.39 is 0 Å². The van der Waals surface area contributed by atoms with Gasteiger partial charge in [0.1, 0.15) is 0 Å². The van der Waals surface area contributed by atoms with E-state index in [4.69, 9.17) is 12.2 Å². The molecule has 0 aromatic heterocycles. The Bertz CT molecular complexity index is 151. The minimum atomic E-state index is 0.252. The fourth-order valence-electron chi connectivity index (χ4n) is 1.49. The van der Waals surface area contributed by atoms with Crippen LogP contribution in [0.2, 0.25) is 0 Å². The molecule has 1 fully saturated rings. The Labute approximate surface area is 63.0 Å². The number of hydrogen-bond acceptors (Lipinski definition) is 1. The van der Waals surface area contributed by atoms with Gasteiger partial charge >= 0.3 is 0 Å². The van der Waals surface area contributed by atoms with Crippen LogP contribution in [0.1, 0.15) is 32.6 Å². The summed E-state index contributed by atoms with van der Waals surface area (Å²) in [6.45, 7) is 2.20. The Morgan fingerprint density at radius 3 is 2.60 bits per heavy atom. The molecule has 0 aromatic carbocycles. The molecule has 56 valence electrons. The predicted molar refractivity (Wildman–Crippen MR) is 43.4 cm³/mol. The maximum atomic E-state index is 5.89. The maximum Gasteiger partial charge on any atom is 0.0243 e. The molecule has 1 rings (SSSR count). The van der Waals surface area contributed by atoms with Gasteiger partial charge in [0.05, 0.1) is 0 Å². The van der Waals surface area contributed by atoms with E-state index in [0.717, 1.165) is 6.42 Å². The molecule has 1 unspecified atom stereocenters. The first-order valence-electron chi connectivity index (χ1n) is 3.94. The first-order chi connectivity index (χ1) is 4.75. The quantitative estimate of drug-likeness (QED) is 0.586. The van der Waals surface area contributed by atoms with Gasteiger partial charge in [-0.1, -0.05) is 6.92 Å². The van der Waals surface area contributed by atoms with Crippen molar-refractivity contribution in [1.82, 2.24) is 0 Å². The fraction of sp³-hybridized carbons (Fsp3) is 0.778. The molecule has 0 aliphatic heterocycles. The van der Waals surface area contributed by atoms with Crippen molar-refractivity contribution in [2.75, 3.05) is 0 Å². The van der Waals surface area contributed by atoms with E-state index in [1.807, 2.05) is 0 Å². The lowest BCUT2D eigenvalue weighted by Crippen LogP contribution is -2.30. The second-order valence-corrected chi connectivity index (χ2v) is 3.23. The van der Waals surface area contributed by atoms with Crippen LogP contribution in [-0.4, -0.2) is 6.04 Å². The number of terminal acetylenes is 1. The Hall–Kier alpha value is -0.480. The summed E-state index contributed by atoms with van der Waals surface area (Å²) < 4.78 is 0. The van der Waals surface area contributed by atoms with Gasteiger partial charge in [-0.3, -0.25) is 0 Å². The highest BCUT2D eigenvalue weighted by atomic mass is 14.7. The van der Waals surface area contributed by atoms with Gasteiger partial charge in [0.15, 0.2) is 0 Å². The summed E-state index contributed by atoms with van der Waals surface area (Å²) in [4.78, 5) is 0. The molecule has 0 saturated heterocycles. The molecule has 1 nitrogen and oxygen atoms in total. The molecule has 0 spiro atoms. The number of nitrogens with two attached hydrogens (primary N) is 1. The van der Waals surface area contributed by atoms with Gasteiger partial charge < -0.3 is 5.73 Å². The van der Waals surface area contributed by atoms with Crippen LogP contribution >= 0.6 is 0 Å². The van der Waals surface area contributed by atoms with Crippen LogP contribution < -0.4 is 5.73 Å². The van der Waals surface area contributed by atoms with Crippen LogP contribution in [0.25, 0.3) is 0 Å². The molecule has 1 aliphatic carbocycles. The molecule has 0 bridgehead atoms. The maximum absolute atomic E-state index is 5.89. The summed E-state index contributed by atoms with van der Waals surface area (Å²) in [6, 6.07) is 0.252. The zero-order valence-corrected chi connectivity index (χ0v) is 6.56. The van der Waals surface area contributed by atoms with Gasteiger partial charge in [0.25, 0.3) is 0 Å². The van der Waals surface area contributed by atoms with E-state index in [1.54, 1.807) is 0 Å². The summed E-state index contributed by atoms with van der Waals surface area (Å²) >= 11 is 0. The van der Waals surface area contributed by atoms with E-state index in [0.29, 0.717) is 5.41 Å². The van der Waals surface area contributed by atoms with Crippen LogP contribution in [0.3, 0.4) is 0 Å². The molecule has 1 saturated carbocycles. The van der Waals surface area contributed by atoms with E-state index in [2.05, 4.69) is 12.8 Å². The average molecular weight is 137 g/mol. The van der Waals surface area contributed by atoms with E-state index in [9.17, 15) is 0 Å². The van der Waals surface area contributed by atoms with Crippen molar-refractivity contribution in [2.45, 2.75) is 38.6 Å². The highest BCUT2D eigenvalue weighted by Gasteiger charge is 2.45. The zero-order valence-electron chi connectivity index (χ0n) is 6.56. The minimum absolute atomic E-state index is 0.252. The van der Waals surface area contributed by atoms with Gasteiger partial charge in [-0.05, 0) is 24.7 Å². The highest BCUT2D eigenvalue weighted by molar-refractivity contribution is 5.04. The Kier molecular flexibility index (Phi) is 2.01. The van der Waals surface area contributed by atoms with E-state index in [1.165, 1.54) is 19.3 Å². The van der Waals surface area contributed by atoms with Crippen LogP contribution in [0.5, 0.6) is 0 Å². The largest absolute Gasteiger partial charge is 0.326 e. The van der Waals surface area contributed by atoms with Gasteiger partial charge in [-0.2, -0.15) is 0 Å². The molecule has 10 heavy (non-hydrogen) atoms. The average Bonchev–Trinajstić information content (AvgIpc) is 2.68. The van der Waals surface area contributed by atoms with Crippen molar-refractivity contribution in [3.63, 3.8) is 0 Å². The lowest BCUT2D eigenvalue weighted by atomic mass is 9.92. The normalized spacial score (nSPS) is 23.3. The SMILES string of the molecule is C#CCC(N)C1(CC)CC1. The van der Waals surface area contributed by atoms with Crippen molar-refractivity contribution in [3.05, 3.63) is 0 Å². The minimum Gasteiger partial charge on any atom is -0.326 e. The first kappa shape index (κ1) is 7.63. The Morgan fingerprint density at radius 1 is 1.70 bits per heavy atom. The van der Waals surface area contributed by atoms with E-state index in [-0.39, 0.29) is 6.04 Å². The zero-order chi connectivity index (χ0) is 7.61. The first-order valence-corrected chi connectivity index (χ1v) is 3.94. The summed E-state index contributed by atoms with van der Waals surface area (Å²) in [7, 11) is 0. The predicted octanol–water partition coefficient (Wildman–Crippen LogP) is 1.53. The summed E-state index contributed by atoms with van der Waals surface area (Å²) in [5.74, 6) is 2.62.